The van der Waals surface area contributed by atoms with Crippen LogP contribution in [0.3, 0.4) is 0 Å². The van der Waals surface area contributed by atoms with Gasteiger partial charge in [-0.05, 0) is 31.6 Å². The zero-order chi connectivity index (χ0) is 13.0. The van der Waals surface area contributed by atoms with Gasteiger partial charge in [-0.3, -0.25) is 10.1 Å². The zero-order valence-corrected chi connectivity index (χ0v) is 11.8. The van der Waals surface area contributed by atoms with Crippen molar-refractivity contribution in [2.24, 2.45) is 5.92 Å². The molecule has 104 valence electrons. The summed E-state index contributed by atoms with van der Waals surface area (Å²) in [7, 11) is 1.52. The molecule has 2 fully saturated rings. The highest BCUT2D eigenvalue weighted by molar-refractivity contribution is 5.81. The van der Waals surface area contributed by atoms with Gasteiger partial charge in [0, 0.05) is 6.04 Å². The molecule has 1 N–H and O–H groups in total. The van der Waals surface area contributed by atoms with Gasteiger partial charge in [0.2, 0.25) is 0 Å². The van der Waals surface area contributed by atoms with Crippen molar-refractivity contribution in [1.29, 1.82) is 0 Å². The summed E-state index contributed by atoms with van der Waals surface area (Å²) >= 11 is 0. The number of rotatable bonds is 3. The molecule has 0 aromatic heterocycles. The Hall–Kier alpha value is -0.570. The summed E-state index contributed by atoms with van der Waals surface area (Å²) in [6, 6.07) is 0.512. The molecule has 3 heteroatoms. The summed E-state index contributed by atoms with van der Waals surface area (Å²) < 4.78 is 5.10. The molecule has 0 spiro atoms. The third-order valence-corrected chi connectivity index (χ3v) is 4.92. The second kappa shape index (κ2) is 6.05. The van der Waals surface area contributed by atoms with Crippen LogP contribution in [0.25, 0.3) is 0 Å². The Labute approximate surface area is 111 Å². The van der Waals surface area contributed by atoms with E-state index in [1.165, 1.54) is 45.6 Å². The minimum atomic E-state index is -0.408. The van der Waals surface area contributed by atoms with Crippen LogP contribution in [0.15, 0.2) is 0 Å². The zero-order valence-electron chi connectivity index (χ0n) is 11.8. The monoisotopic (exact) mass is 253 g/mol. The summed E-state index contributed by atoms with van der Waals surface area (Å²) in [5, 5.41) is 3.70. The summed E-state index contributed by atoms with van der Waals surface area (Å²) in [6.45, 7) is 2.20. The molecule has 2 saturated carbocycles. The van der Waals surface area contributed by atoms with Crippen LogP contribution in [0.1, 0.15) is 64.7 Å². The Morgan fingerprint density at radius 2 is 1.78 bits per heavy atom. The minimum absolute atomic E-state index is 0.0414. The summed E-state index contributed by atoms with van der Waals surface area (Å²) in [5.41, 5.74) is -0.408. The molecular weight excluding hydrogens is 226 g/mol. The van der Waals surface area contributed by atoms with Gasteiger partial charge in [0.05, 0.1) is 7.11 Å². The molecule has 2 unspecified atom stereocenters. The second-order valence-electron chi connectivity index (χ2n) is 6.09. The molecule has 2 atom stereocenters. The molecular formula is C15H27NO2. The van der Waals surface area contributed by atoms with Crippen molar-refractivity contribution in [3.63, 3.8) is 0 Å². The first kappa shape index (κ1) is 13.9. The first-order valence-electron chi connectivity index (χ1n) is 7.55. The Kier molecular flexibility index (Phi) is 4.66. The molecule has 0 aromatic carbocycles. The average molecular weight is 253 g/mol. The Morgan fingerprint density at radius 1 is 1.11 bits per heavy atom. The van der Waals surface area contributed by atoms with Gasteiger partial charge in [0.25, 0.3) is 0 Å². The Morgan fingerprint density at radius 3 is 2.39 bits per heavy atom. The Bertz CT molecular complexity index is 286. The van der Waals surface area contributed by atoms with E-state index >= 15 is 0 Å². The summed E-state index contributed by atoms with van der Waals surface area (Å²) in [5.74, 6) is 0.348. The number of carbonyl (C=O) groups is 1. The van der Waals surface area contributed by atoms with E-state index in [0.717, 1.165) is 19.3 Å². The van der Waals surface area contributed by atoms with Crippen molar-refractivity contribution in [3.8, 4) is 0 Å². The number of nitrogens with one attached hydrogen (secondary N) is 1. The maximum Gasteiger partial charge on any atom is 0.326 e. The number of hydrogen-bond donors (Lipinski definition) is 1. The van der Waals surface area contributed by atoms with Gasteiger partial charge in [-0.15, -0.1) is 0 Å². The van der Waals surface area contributed by atoms with Gasteiger partial charge < -0.3 is 4.74 Å². The molecule has 3 nitrogen and oxygen atoms in total. The van der Waals surface area contributed by atoms with Crippen molar-refractivity contribution in [2.45, 2.75) is 76.3 Å². The van der Waals surface area contributed by atoms with Crippen LogP contribution in [0.5, 0.6) is 0 Å². The molecule has 2 rings (SSSR count). The minimum Gasteiger partial charge on any atom is -0.468 e. The fourth-order valence-electron chi connectivity index (χ4n) is 3.72. The van der Waals surface area contributed by atoms with Gasteiger partial charge in [-0.2, -0.15) is 0 Å². The van der Waals surface area contributed by atoms with Crippen LogP contribution in [0.2, 0.25) is 0 Å². The van der Waals surface area contributed by atoms with Crippen LogP contribution in [0.4, 0.5) is 0 Å². The largest absolute Gasteiger partial charge is 0.468 e. The predicted octanol–water partition coefficient (Wildman–Crippen LogP) is 3.03. The Balaban J connectivity index is 2.10. The van der Waals surface area contributed by atoms with E-state index in [0.29, 0.717) is 12.0 Å². The van der Waals surface area contributed by atoms with Crippen LogP contribution in [-0.4, -0.2) is 24.7 Å². The van der Waals surface area contributed by atoms with Crippen molar-refractivity contribution in [2.75, 3.05) is 7.11 Å². The van der Waals surface area contributed by atoms with Gasteiger partial charge in [-0.1, -0.05) is 39.0 Å². The highest BCUT2D eigenvalue weighted by atomic mass is 16.5. The molecule has 0 heterocycles. The smallest absolute Gasteiger partial charge is 0.326 e. The number of hydrogen-bond acceptors (Lipinski definition) is 3. The van der Waals surface area contributed by atoms with E-state index in [1.807, 2.05) is 0 Å². The molecule has 0 radical (unpaired) electrons. The van der Waals surface area contributed by atoms with Gasteiger partial charge in [0.15, 0.2) is 0 Å². The number of ether oxygens (including phenoxy) is 1. The lowest BCUT2D eigenvalue weighted by Gasteiger charge is -2.44. The van der Waals surface area contributed by atoms with Crippen molar-refractivity contribution >= 4 is 5.97 Å². The summed E-state index contributed by atoms with van der Waals surface area (Å²) in [6.07, 6.45) is 10.8. The lowest BCUT2D eigenvalue weighted by Crippen LogP contribution is -2.61. The quantitative estimate of drug-likeness (QED) is 0.786. The van der Waals surface area contributed by atoms with E-state index in [4.69, 9.17) is 4.74 Å². The molecule has 0 bridgehead atoms. The average Bonchev–Trinajstić information content (AvgIpc) is 2.41. The van der Waals surface area contributed by atoms with Crippen LogP contribution in [-0.2, 0) is 9.53 Å². The lowest BCUT2D eigenvalue weighted by molar-refractivity contribution is -0.153. The molecule has 0 aliphatic heterocycles. The standard InChI is InChI=1S/C15H27NO2/c1-12-8-6-7-11-15(12,14(17)18-2)16-13-9-4-3-5-10-13/h12-13,16H,3-11H2,1-2H3. The topological polar surface area (TPSA) is 38.3 Å². The summed E-state index contributed by atoms with van der Waals surface area (Å²) in [4.78, 5) is 12.3. The van der Waals surface area contributed by atoms with Crippen molar-refractivity contribution in [1.82, 2.24) is 5.32 Å². The molecule has 0 amide bonds. The van der Waals surface area contributed by atoms with Crippen LogP contribution < -0.4 is 5.32 Å². The van der Waals surface area contributed by atoms with Crippen LogP contribution >= 0.6 is 0 Å². The fraction of sp³-hybridized carbons (Fsp3) is 0.933. The van der Waals surface area contributed by atoms with Crippen molar-refractivity contribution in [3.05, 3.63) is 0 Å². The number of methoxy groups -OCH3 is 1. The van der Waals surface area contributed by atoms with Crippen molar-refractivity contribution < 1.29 is 9.53 Å². The van der Waals surface area contributed by atoms with E-state index < -0.39 is 5.54 Å². The van der Waals surface area contributed by atoms with E-state index in [2.05, 4.69) is 12.2 Å². The third kappa shape index (κ3) is 2.71. The van der Waals surface area contributed by atoms with Gasteiger partial charge in [0.1, 0.15) is 5.54 Å². The van der Waals surface area contributed by atoms with Gasteiger partial charge in [-0.25, -0.2) is 0 Å². The van der Waals surface area contributed by atoms with E-state index in [-0.39, 0.29) is 5.97 Å². The van der Waals surface area contributed by atoms with Gasteiger partial charge >= 0.3 is 5.97 Å². The molecule has 0 saturated heterocycles. The van der Waals surface area contributed by atoms with Crippen LogP contribution in [0, 0.1) is 5.92 Å². The maximum atomic E-state index is 12.3. The highest BCUT2D eigenvalue weighted by Crippen LogP contribution is 2.36. The second-order valence-corrected chi connectivity index (χ2v) is 6.09. The SMILES string of the molecule is COC(=O)C1(NC2CCCCC2)CCCCC1C. The molecule has 0 aromatic rings. The molecule has 18 heavy (non-hydrogen) atoms. The predicted molar refractivity (Wildman–Crippen MR) is 72.4 cm³/mol. The number of carbonyl (C=O) groups excluding carboxylic acids is 1. The van der Waals surface area contributed by atoms with E-state index in [9.17, 15) is 4.79 Å². The van der Waals surface area contributed by atoms with E-state index in [1.54, 1.807) is 0 Å². The molecule has 2 aliphatic carbocycles. The lowest BCUT2D eigenvalue weighted by atomic mass is 9.72. The first-order valence-corrected chi connectivity index (χ1v) is 7.55. The fourth-order valence-corrected chi connectivity index (χ4v) is 3.72. The normalized spacial score (nSPS) is 34.2. The number of esters is 1. The highest BCUT2D eigenvalue weighted by Gasteiger charge is 2.46. The molecule has 2 aliphatic rings. The third-order valence-electron chi connectivity index (χ3n) is 4.92. The first-order chi connectivity index (χ1) is 8.69. The maximum absolute atomic E-state index is 12.3.